The third kappa shape index (κ3) is 9.48. The second-order valence-electron chi connectivity index (χ2n) is 3.89. The fourth-order valence-electron chi connectivity index (χ4n) is 1.38. The predicted molar refractivity (Wildman–Crippen MR) is 79.2 cm³/mol. The highest BCUT2D eigenvalue weighted by atomic mass is 16.6. The van der Waals surface area contributed by atoms with Crippen LogP contribution in [0.5, 0.6) is 0 Å². The molecule has 0 saturated carbocycles. The molecule has 0 saturated heterocycles. The first-order valence-corrected chi connectivity index (χ1v) is 6.69. The van der Waals surface area contributed by atoms with Gasteiger partial charge in [0.25, 0.3) is 0 Å². The topological polar surface area (TPSA) is 66.0 Å². The summed E-state index contributed by atoms with van der Waals surface area (Å²) >= 11 is 0. The Bertz CT molecular complexity index is 396. The number of ether oxygens (including phenoxy) is 4. The Hall–Kier alpha value is -2.05. The molecule has 1 amide bonds. The Morgan fingerprint density at radius 3 is 2.29 bits per heavy atom. The van der Waals surface area contributed by atoms with Gasteiger partial charge >= 0.3 is 6.09 Å². The van der Waals surface area contributed by atoms with Crippen molar-refractivity contribution in [2.24, 2.45) is 0 Å². The first-order chi connectivity index (χ1) is 10.3. The molecule has 0 aliphatic carbocycles. The zero-order valence-electron chi connectivity index (χ0n) is 12.0. The van der Waals surface area contributed by atoms with E-state index in [4.69, 9.17) is 18.9 Å². The number of benzene rings is 1. The maximum Gasteiger partial charge on any atom is 0.411 e. The van der Waals surface area contributed by atoms with Gasteiger partial charge in [-0.05, 0) is 12.1 Å². The fourth-order valence-corrected chi connectivity index (χ4v) is 1.38. The average Bonchev–Trinajstić information content (AvgIpc) is 2.50. The molecule has 1 aromatic carbocycles. The average molecular weight is 295 g/mol. The molecule has 0 aliphatic rings. The quantitative estimate of drug-likeness (QED) is 0.501. The zero-order chi connectivity index (χ0) is 15.2. The van der Waals surface area contributed by atoms with Crippen LogP contribution in [0.2, 0.25) is 0 Å². The third-order valence-corrected chi connectivity index (χ3v) is 2.32. The summed E-state index contributed by atoms with van der Waals surface area (Å²) in [6.07, 6.45) is 0.875. The molecule has 0 heterocycles. The van der Waals surface area contributed by atoms with Gasteiger partial charge in [-0.15, -0.1) is 0 Å². The van der Waals surface area contributed by atoms with E-state index in [2.05, 4.69) is 11.9 Å². The Balaban J connectivity index is 1.90. The van der Waals surface area contributed by atoms with Crippen molar-refractivity contribution >= 4 is 11.8 Å². The number of nitrogens with one attached hydrogen (secondary N) is 1. The highest BCUT2D eigenvalue weighted by Crippen LogP contribution is 2.04. The van der Waals surface area contributed by atoms with Gasteiger partial charge in [0, 0.05) is 5.69 Å². The molecule has 0 unspecified atom stereocenters. The van der Waals surface area contributed by atoms with Gasteiger partial charge in [0.15, 0.2) is 0 Å². The lowest BCUT2D eigenvalue weighted by Crippen LogP contribution is -2.17. The summed E-state index contributed by atoms with van der Waals surface area (Å²) in [4.78, 5) is 11.4. The largest absolute Gasteiger partial charge is 0.499 e. The Morgan fingerprint density at radius 2 is 1.62 bits per heavy atom. The summed E-state index contributed by atoms with van der Waals surface area (Å²) in [6, 6.07) is 9.10. The van der Waals surface area contributed by atoms with Gasteiger partial charge in [0.1, 0.15) is 13.2 Å². The van der Waals surface area contributed by atoms with Crippen LogP contribution in [0.3, 0.4) is 0 Å². The molecule has 0 atom stereocenters. The summed E-state index contributed by atoms with van der Waals surface area (Å²) in [5, 5.41) is 2.61. The molecular formula is C15H21NO5. The number of anilines is 1. The summed E-state index contributed by atoms with van der Waals surface area (Å²) in [6.45, 7) is 5.82. The number of amides is 1. The van der Waals surface area contributed by atoms with Gasteiger partial charge in [-0.2, -0.15) is 0 Å². The molecule has 1 N–H and O–H groups in total. The third-order valence-electron chi connectivity index (χ3n) is 2.32. The van der Waals surface area contributed by atoms with E-state index < -0.39 is 6.09 Å². The van der Waals surface area contributed by atoms with E-state index in [1.54, 1.807) is 12.1 Å². The first kappa shape index (κ1) is 17.0. The van der Waals surface area contributed by atoms with Crippen LogP contribution in [0.25, 0.3) is 0 Å². The molecule has 0 fully saturated rings. The van der Waals surface area contributed by atoms with E-state index in [1.165, 1.54) is 6.26 Å². The van der Waals surface area contributed by atoms with E-state index in [9.17, 15) is 4.79 Å². The molecule has 0 aromatic heterocycles. The van der Waals surface area contributed by atoms with Crippen molar-refractivity contribution in [3.63, 3.8) is 0 Å². The normalized spacial score (nSPS) is 9.90. The lowest BCUT2D eigenvalue weighted by molar-refractivity contribution is 0.0183. The number of rotatable bonds is 11. The van der Waals surface area contributed by atoms with Crippen molar-refractivity contribution in [2.45, 2.75) is 0 Å². The highest BCUT2D eigenvalue weighted by molar-refractivity contribution is 5.84. The summed E-state index contributed by atoms with van der Waals surface area (Å²) in [5.74, 6) is 0. The second kappa shape index (κ2) is 11.7. The molecule has 1 rings (SSSR count). The smallest absolute Gasteiger partial charge is 0.411 e. The van der Waals surface area contributed by atoms with Gasteiger partial charge in [-0.25, -0.2) is 4.79 Å². The van der Waals surface area contributed by atoms with Gasteiger partial charge in [-0.3, -0.25) is 5.32 Å². The maximum atomic E-state index is 11.4. The Kier molecular flexibility index (Phi) is 9.51. The minimum absolute atomic E-state index is 0.193. The van der Waals surface area contributed by atoms with E-state index in [0.29, 0.717) is 38.7 Å². The standard InChI is InChI=1S/C15H21NO5/c1-2-18-8-9-19-10-11-20-12-13-21-15(17)16-14-6-4-3-5-7-14/h2-7H,1,8-13H2,(H,16,17). The van der Waals surface area contributed by atoms with Gasteiger partial charge in [-0.1, -0.05) is 24.8 Å². The van der Waals surface area contributed by atoms with Crippen molar-refractivity contribution in [2.75, 3.05) is 45.0 Å². The Morgan fingerprint density at radius 1 is 1.00 bits per heavy atom. The maximum absolute atomic E-state index is 11.4. The van der Waals surface area contributed by atoms with Crippen LogP contribution >= 0.6 is 0 Å². The molecule has 116 valence electrons. The minimum Gasteiger partial charge on any atom is -0.499 e. The minimum atomic E-state index is -0.498. The molecule has 0 radical (unpaired) electrons. The first-order valence-electron chi connectivity index (χ1n) is 6.69. The van der Waals surface area contributed by atoms with Crippen molar-refractivity contribution in [1.82, 2.24) is 0 Å². The van der Waals surface area contributed by atoms with Gasteiger partial charge in [0.05, 0.1) is 32.7 Å². The van der Waals surface area contributed by atoms with E-state index in [0.717, 1.165) is 0 Å². The molecule has 6 heteroatoms. The highest BCUT2D eigenvalue weighted by Gasteiger charge is 2.01. The second-order valence-corrected chi connectivity index (χ2v) is 3.89. The van der Waals surface area contributed by atoms with Crippen molar-refractivity contribution in [3.05, 3.63) is 43.2 Å². The number of hydrogen-bond acceptors (Lipinski definition) is 5. The van der Waals surface area contributed by atoms with Gasteiger partial charge < -0.3 is 18.9 Å². The van der Waals surface area contributed by atoms with Crippen LogP contribution in [-0.4, -0.2) is 45.7 Å². The van der Waals surface area contributed by atoms with Crippen molar-refractivity contribution < 1.29 is 23.7 Å². The lowest BCUT2D eigenvalue weighted by atomic mass is 10.3. The lowest BCUT2D eigenvalue weighted by Gasteiger charge is -2.08. The van der Waals surface area contributed by atoms with Gasteiger partial charge in [0.2, 0.25) is 0 Å². The van der Waals surface area contributed by atoms with Crippen molar-refractivity contribution in [3.8, 4) is 0 Å². The molecular weight excluding hydrogens is 274 g/mol. The number of carbonyl (C=O) groups is 1. The zero-order valence-corrected chi connectivity index (χ0v) is 12.0. The van der Waals surface area contributed by atoms with E-state index in [-0.39, 0.29) is 6.61 Å². The van der Waals surface area contributed by atoms with E-state index >= 15 is 0 Å². The van der Waals surface area contributed by atoms with E-state index in [1.807, 2.05) is 18.2 Å². The predicted octanol–water partition coefficient (Wildman–Crippen LogP) is 2.43. The molecule has 1 aromatic rings. The molecule has 21 heavy (non-hydrogen) atoms. The SMILES string of the molecule is C=COCCOCCOCCOC(=O)Nc1ccccc1. The molecule has 0 bridgehead atoms. The summed E-state index contributed by atoms with van der Waals surface area (Å²) in [7, 11) is 0. The van der Waals surface area contributed by atoms with Crippen LogP contribution in [0.15, 0.2) is 43.2 Å². The van der Waals surface area contributed by atoms with Crippen LogP contribution in [0, 0.1) is 0 Å². The van der Waals surface area contributed by atoms with Crippen LogP contribution in [-0.2, 0) is 18.9 Å². The van der Waals surface area contributed by atoms with Crippen molar-refractivity contribution in [1.29, 1.82) is 0 Å². The molecule has 0 aliphatic heterocycles. The number of carbonyl (C=O) groups excluding carboxylic acids is 1. The number of hydrogen-bond donors (Lipinski definition) is 1. The molecule has 0 spiro atoms. The van der Waals surface area contributed by atoms with Crippen LogP contribution < -0.4 is 5.32 Å². The van der Waals surface area contributed by atoms with Crippen LogP contribution in [0.1, 0.15) is 0 Å². The van der Waals surface area contributed by atoms with Crippen LogP contribution in [0.4, 0.5) is 10.5 Å². The number of para-hydroxylation sites is 1. The summed E-state index contributed by atoms with van der Waals surface area (Å²) in [5.41, 5.74) is 0.693. The molecule has 6 nitrogen and oxygen atoms in total. The summed E-state index contributed by atoms with van der Waals surface area (Å²) < 4.78 is 20.3. The monoisotopic (exact) mass is 295 g/mol. The fraction of sp³-hybridized carbons (Fsp3) is 0.400. The Labute approximate surface area is 124 Å².